The van der Waals surface area contributed by atoms with Gasteiger partial charge in [-0.3, -0.25) is 10.2 Å². The van der Waals surface area contributed by atoms with E-state index in [1.165, 1.54) is 0 Å². The van der Waals surface area contributed by atoms with Gasteiger partial charge in [0.15, 0.2) is 5.96 Å². The van der Waals surface area contributed by atoms with Crippen molar-refractivity contribution in [2.45, 2.75) is 18.9 Å². The van der Waals surface area contributed by atoms with Gasteiger partial charge >= 0.3 is 31.8 Å². The molecule has 0 saturated carbocycles. The zero-order valence-corrected chi connectivity index (χ0v) is 6.71. The number of carboxylic acids is 1. The van der Waals surface area contributed by atoms with Crippen LogP contribution in [-0.4, -0.2) is 55.5 Å². The summed E-state index contributed by atoms with van der Waals surface area (Å²) in [5.74, 6) is -1.11. The van der Waals surface area contributed by atoms with Crippen LogP contribution in [0.4, 0.5) is 0 Å². The molecule has 0 aliphatic heterocycles. The van der Waals surface area contributed by atoms with Gasteiger partial charge in [-0.05, 0) is 12.8 Å². The zero-order valence-electron chi connectivity index (χ0n) is 6.71. The molecule has 0 bridgehead atoms. The summed E-state index contributed by atoms with van der Waals surface area (Å²) in [4.78, 5) is 10.2. The van der Waals surface area contributed by atoms with Crippen LogP contribution in [0.1, 0.15) is 12.8 Å². The molecule has 0 aromatic rings. The molecule has 7 N–H and O–H groups in total. The number of rotatable bonds is 5. The molecule has 0 aromatic heterocycles. The van der Waals surface area contributed by atoms with E-state index in [9.17, 15) is 4.79 Å². The molecule has 6 nitrogen and oxygen atoms in total. The van der Waals surface area contributed by atoms with E-state index < -0.39 is 12.0 Å². The molecule has 0 unspecified atom stereocenters. The molecule has 0 aliphatic carbocycles. The summed E-state index contributed by atoms with van der Waals surface area (Å²) in [6.07, 6.45) is 0.975. The van der Waals surface area contributed by atoms with Crippen LogP contribution in [0.15, 0.2) is 0 Å². The van der Waals surface area contributed by atoms with Crippen molar-refractivity contribution in [2.75, 3.05) is 6.54 Å². The minimum atomic E-state index is -1.00. The van der Waals surface area contributed by atoms with E-state index in [1.54, 1.807) is 0 Å². The number of carbonyl (C=O) groups is 1. The first-order valence-electron chi connectivity index (χ1n) is 3.60. The van der Waals surface area contributed by atoms with Crippen LogP contribution in [0.2, 0.25) is 0 Å². The van der Waals surface area contributed by atoms with E-state index in [4.69, 9.17) is 22.0 Å². The molecule has 13 heavy (non-hydrogen) atoms. The Morgan fingerprint density at radius 2 is 2.15 bits per heavy atom. The molecule has 1 atom stereocenters. The number of nitrogens with one attached hydrogen (secondary N) is 2. The van der Waals surface area contributed by atoms with E-state index in [-0.39, 0.29) is 31.8 Å². The average Bonchev–Trinajstić information content (AvgIpc) is 1.97. The molecule has 0 heterocycles. The van der Waals surface area contributed by atoms with Gasteiger partial charge in [0.05, 0.1) is 0 Å². The third-order valence-electron chi connectivity index (χ3n) is 1.32. The summed E-state index contributed by atoms with van der Waals surface area (Å²) < 4.78 is 0. The van der Waals surface area contributed by atoms with E-state index in [2.05, 4.69) is 5.32 Å². The van der Waals surface area contributed by atoms with Crippen molar-refractivity contribution >= 4 is 37.8 Å². The summed E-state index contributed by atoms with van der Waals surface area (Å²) >= 11 is 0. The Morgan fingerprint density at radius 1 is 1.62 bits per heavy atom. The van der Waals surface area contributed by atoms with E-state index in [0.29, 0.717) is 19.4 Å². The Balaban J connectivity index is 0. The van der Waals surface area contributed by atoms with Crippen molar-refractivity contribution in [3.63, 3.8) is 0 Å². The SMILES string of the molecule is N=C(N)NCCC[C@H](N)C(=O)O.[InH3]. The van der Waals surface area contributed by atoms with E-state index in [0.717, 1.165) is 0 Å². The summed E-state index contributed by atoms with van der Waals surface area (Å²) in [5, 5.41) is 17.7. The fourth-order valence-electron chi connectivity index (χ4n) is 0.669. The van der Waals surface area contributed by atoms with Gasteiger partial charge in [-0.2, -0.15) is 0 Å². The summed E-state index contributed by atoms with van der Waals surface area (Å²) in [7, 11) is 0. The Hall–Kier alpha value is -0.430. The quantitative estimate of drug-likeness (QED) is 0.217. The second-order valence-corrected chi connectivity index (χ2v) is 2.43. The van der Waals surface area contributed by atoms with Gasteiger partial charge in [0.1, 0.15) is 6.04 Å². The van der Waals surface area contributed by atoms with Gasteiger partial charge < -0.3 is 21.9 Å². The van der Waals surface area contributed by atoms with Crippen LogP contribution < -0.4 is 16.8 Å². The third-order valence-corrected chi connectivity index (χ3v) is 1.32. The maximum atomic E-state index is 10.2. The topological polar surface area (TPSA) is 125 Å². The minimum absolute atomic E-state index is 0. The van der Waals surface area contributed by atoms with Crippen molar-refractivity contribution in [2.24, 2.45) is 11.5 Å². The number of aliphatic carboxylic acids is 1. The number of guanidine groups is 1. The molecular weight excluding hydrogens is 275 g/mol. The monoisotopic (exact) mass is 292 g/mol. The Kier molecular flexibility index (Phi) is 9.48. The molecule has 0 fully saturated rings. The van der Waals surface area contributed by atoms with Gasteiger partial charge in [0.2, 0.25) is 0 Å². The number of carboxylic acid groups (broad SMARTS) is 1. The molecule has 76 valence electrons. The van der Waals surface area contributed by atoms with Crippen LogP contribution in [-0.2, 0) is 4.79 Å². The predicted octanol–water partition coefficient (Wildman–Crippen LogP) is -2.52. The molecule has 0 radical (unpaired) electrons. The van der Waals surface area contributed by atoms with Crippen molar-refractivity contribution in [1.82, 2.24) is 5.32 Å². The first-order chi connectivity index (χ1) is 5.54. The molecule has 0 saturated heterocycles. The molecule has 0 aliphatic rings. The second kappa shape index (κ2) is 8.18. The number of nitrogens with two attached hydrogens (primary N) is 2. The number of hydrogen-bond acceptors (Lipinski definition) is 3. The maximum absolute atomic E-state index is 10.2. The third kappa shape index (κ3) is 9.48. The van der Waals surface area contributed by atoms with Crippen LogP contribution in [0, 0.1) is 5.41 Å². The number of hydrogen-bond donors (Lipinski definition) is 5. The van der Waals surface area contributed by atoms with Crippen LogP contribution >= 0.6 is 0 Å². The Labute approximate surface area is 95.3 Å². The summed E-state index contributed by atoms with van der Waals surface area (Å²) in [6.45, 7) is 0.482. The fraction of sp³-hybridized carbons (Fsp3) is 0.667. The molecule has 0 spiro atoms. The van der Waals surface area contributed by atoms with Gasteiger partial charge in [-0.1, -0.05) is 0 Å². The molecule has 0 aromatic carbocycles. The standard InChI is InChI=1S/C6H14N4O2.In.3H/c7-4(5(11)12)2-1-3-10-6(8)9;;;;/h4H,1-3,7H2,(H,11,12)(H4,8,9,10);;;;/t4-;;;;/m0..../s1. The summed E-state index contributed by atoms with van der Waals surface area (Å²) in [6, 6.07) is -0.821. The van der Waals surface area contributed by atoms with Gasteiger partial charge in [-0.25, -0.2) is 0 Å². The molecule has 0 rings (SSSR count). The van der Waals surface area contributed by atoms with Gasteiger partial charge in [0.25, 0.3) is 0 Å². The first-order valence-corrected chi connectivity index (χ1v) is 3.60. The van der Waals surface area contributed by atoms with Crippen LogP contribution in [0.25, 0.3) is 0 Å². The Bertz CT molecular complexity index is 176. The van der Waals surface area contributed by atoms with E-state index >= 15 is 0 Å². The molecule has 7 heteroatoms. The summed E-state index contributed by atoms with van der Waals surface area (Å²) in [5.41, 5.74) is 10.2. The normalized spacial score (nSPS) is 11.2. The van der Waals surface area contributed by atoms with Crippen molar-refractivity contribution in [3.8, 4) is 0 Å². The first kappa shape index (κ1) is 15.1. The fourth-order valence-corrected chi connectivity index (χ4v) is 0.669. The van der Waals surface area contributed by atoms with Crippen molar-refractivity contribution in [1.29, 1.82) is 5.41 Å². The zero-order chi connectivity index (χ0) is 9.56. The van der Waals surface area contributed by atoms with Crippen molar-refractivity contribution in [3.05, 3.63) is 0 Å². The van der Waals surface area contributed by atoms with Crippen molar-refractivity contribution < 1.29 is 9.90 Å². The molecule has 0 amide bonds. The van der Waals surface area contributed by atoms with Gasteiger partial charge in [-0.15, -0.1) is 0 Å². The van der Waals surface area contributed by atoms with Gasteiger partial charge in [0, 0.05) is 6.54 Å². The van der Waals surface area contributed by atoms with Crippen LogP contribution in [0.3, 0.4) is 0 Å². The second-order valence-electron chi connectivity index (χ2n) is 2.43. The predicted molar refractivity (Wildman–Crippen MR) is 54.7 cm³/mol. The van der Waals surface area contributed by atoms with Crippen LogP contribution in [0.5, 0.6) is 0 Å². The molecular formula is C6H17InN4O2. The van der Waals surface area contributed by atoms with E-state index in [1.807, 2.05) is 0 Å². The Morgan fingerprint density at radius 3 is 2.54 bits per heavy atom. The average molecular weight is 292 g/mol.